The van der Waals surface area contributed by atoms with Crippen molar-refractivity contribution < 1.29 is 13.6 Å². The predicted molar refractivity (Wildman–Crippen MR) is 114 cm³/mol. The van der Waals surface area contributed by atoms with Gasteiger partial charge in [-0.15, -0.1) is 0 Å². The van der Waals surface area contributed by atoms with Gasteiger partial charge < -0.3 is 14.2 Å². The minimum atomic E-state index is -0.283. The number of halogens is 1. The van der Waals surface area contributed by atoms with Crippen molar-refractivity contribution in [2.24, 2.45) is 0 Å². The van der Waals surface area contributed by atoms with Gasteiger partial charge in [0.15, 0.2) is 11.5 Å². The van der Waals surface area contributed by atoms with Crippen LogP contribution in [0.1, 0.15) is 22.3 Å². The number of hydrogen-bond donors (Lipinski definition) is 1. The molecule has 0 aliphatic heterocycles. The first-order valence-electron chi connectivity index (χ1n) is 9.41. The molecule has 4 rings (SSSR count). The molecular formula is C22H21ClN4O3. The van der Waals surface area contributed by atoms with Gasteiger partial charge in [0.25, 0.3) is 5.91 Å². The average molecular weight is 425 g/mol. The zero-order valence-electron chi connectivity index (χ0n) is 16.6. The van der Waals surface area contributed by atoms with Gasteiger partial charge in [-0.1, -0.05) is 11.6 Å². The zero-order valence-corrected chi connectivity index (χ0v) is 17.3. The highest BCUT2D eigenvalue weighted by Gasteiger charge is 2.21. The highest BCUT2D eigenvalue weighted by Crippen LogP contribution is 2.25. The third kappa shape index (κ3) is 4.17. The van der Waals surface area contributed by atoms with Crippen molar-refractivity contribution >= 4 is 17.5 Å². The summed E-state index contributed by atoms with van der Waals surface area (Å²) in [7, 11) is 3.87. The molecule has 1 aromatic carbocycles. The van der Waals surface area contributed by atoms with Crippen molar-refractivity contribution in [3.63, 3.8) is 0 Å². The SMILES string of the molecule is CN(C)[C@@H](CNC(=O)c1cc(-c2ccco2)n(-c2ccc(Cl)cc2)n1)c1ccco1. The summed E-state index contributed by atoms with van der Waals surface area (Å²) in [6, 6.07) is 16.2. The number of nitrogens with zero attached hydrogens (tertiary/aromatic N) is 3. The van der Waals surface area contributed by atoms with E-state index < -0.39 is 0 Å². The molecule has 1 N–H and O–H groups in total. The maximum absolute atomic E-state index is 12.9. The Morgan fingerprint density at radius 2 is 1.87 bits per heavy atom. The number of hydrogen-bond acceptors (Lipinski definition) is 5. The van der Waals surface area contributed by atoms with Crippen LogP contribution in [0, 0.1) is 0 Å². The van der Waals surface area contributed by atoms with Crippen LogP contribution >= 0.6 is 11.6 Å². The second kappa shape index (κ2) is 8.61. The molecule has 4 aromatic rings. The molecule has 0 unspecified atom stereocenters. The van der Waals surface area contributed by atoms with Gasteiger partial charge in [-0.25, -0.2) is 4.68 Å². The van der Waals surface area contributed by atoms with Crippen molar-refractivity contribution in [1.29, 1.82) is 0 Å². The lowest BCUT2D eigenvalue weighted by atomic mass is 10.2. The molecule has 0 saturated carbocycles. The van der Waals surface area contributed by atoms with Gasteiger partial charge >= 0.3 is 0 Å². The minimum Gasteiger partial charge on any atom is -0.468 e. The first-order chi connectivity index (χ1) is 14.5. The summed E-state index contributed by atoms with van der Waals surface area (Å²) in [5.74, 6) is 1.11. The quantitative estimate of drug-likeness (QED) is 0.475. The Hall–Kier alpha value is -3.29. The predicted octanol–water partition coefficient (Wildman–Crippen LogP) is 4.41. The molecule has 0 spiro atoms. The fourth-order valence-corrected chi connectivity index (χ4v) is 3.30. The van der Waals surface area contributed by atoms with Crippen LogP contribution in [-0.2, 0) is 0 Å². The molecule has 1 amide bonds. The second-order valence-corrected chi connectivity index (χ2v) is 7.42. The number of nitrogens with one attached hydrogen (secondary N) is 1. The molecule has 0 aliphatic rings. The number of carbonyl (C=O) groups excluding carboxylic acids is 1. The van der Waals surface area contributed by atoms with E-state index in [1.54, 1.807) is 41.5 Å². The Morgan fingerprint density at radius 3 is 2.50 bits per heavy atom. The van der Waals surface area contributed by atoms with Gasteiger partial charge in [0, 0.05) is 17.6 Å². The third-order valence-electron chi connectivity index (χ3n) is 4.74. The molecule has 1 atom stereocenters. The largest absolute Gasteiger partial charge is 0.468 e. The summed E-state index contributed by atoms with van der Waals surface area (Å²) < 4.78 is 12.7. The molecule has 0 aliphatic carbocycles. The van der Waals surface area contributed by atoms with Crippen LogP contribution in [-0.4, -0.2) is 41.2 Å². The number of amides is 1. The van der Waals surface area contributed by atoms with Crippen LogP contribution in [0.25, 0.3) is 17.1 Å². The zero-order chi connectivity index (χ0) is 21.1. The average Bonchev–Trinajstić information content (AvgIpc) is 3.49. The maximum atomic E-state index is 12.9. The van der Waals surface area contributed by atoms with Crippen LogP contribution < -0.4 is 5.32 Å². The highest BCUT2D eigenvalue weighted by atomic mass is 35.5. The Morgan fingerprint density at radius 1 is 1.13 bits per heavy atom. The number of aromatic nitrogens is 2. The number of carbonyl (C=O) groups is 1. The first kappa shape index (κ1) is 20.0. The summed E-state index contributed by atoms with van der Waals surface area (Å²) in [6.45, 7) is 0.378. The number of benzene rings is 1. The second-order valence-electron chi connectivity index (χ2n) is 6.99. The van der Waals surface area contributed by atoms with Gasteiger partial charge in [0.1, 0.15) is 11.5 Å². The summed E-state index contributed by atoms with van der Waals surface area (Å²) >= 11 is 6.01. The van der Waals surface area contributed by atoms with Gasteiger partial charge in [-0.2, -0.15) is 5.10 Å². The van der Waals surface area contributed by atoms with Gasteiger partial charge in [-0.05, 0) is 62.6 Å². The normalized spacial score (nSPS) is 12.3. The van der Waals surface area contributed by atoms with Gasteiger partial charge in [-0.3, -0.25) is 9.69 Å². The van der Waals surface area contributed by atoms with Crippen LogP contribution in [0.2, 0.25) is 5.02 Å². The number of rotatable bonds is 7. The molecule has 7 nitrogen and oxygen atoms in total. The number of furan rings is 2. The van der Waals surface area contributed by atoms with Crippen LogP contribution in [0.4, 0.5) is 0 Å². The molecular weight excluding hydrogens is 404 g/mol. The van der Waals surface area contributed by atoms with Crippen molar-refractivity contribution in [3.05, 3.63) is 83.6 Å². The van der Waals surface area contributed by atoms with Gasteiger partial charge in [0.2, 0.25) is 0 Å². The monoisotopic (exact) mass is 424 g/mol. The summed E-state index contributed by atoms with van der Waals surface area (Å²) in [4.78, 5) is 14.9. The molecule has 0 saturated heterocycles. The summed E-state index contributed by atoms with van der Waals surface area (Å²) in [6.07, 6.45) is 3.20. The standard InChI is InChI=1S/C22H21ClN4O3/c1-26(2)19(21-6-4-12-30-21)14-24-22(28)17-13-18(20-5-3-11-29-20)27(25-17)16-9-7-15(23)8-10-16/h3-13,19H,14H2,1-2H3,(H,24,28)/t19-/m0/s1. The Labute approximate surface area is 178 Å². The maximum Gasteiger partial charge on any atom is 0.271 e. The summed E-state index contributed by atoms with van der Waals surface area (Å²) in [5.41, 5.74) is 1.72. The Balaban J connectivity index is 1.60. The highest BCUT2D eigenvalue weighted by molar-refractivity contribution is 6.30. The van der Waals surface area contributed by atoms with E-state index >= 15 is 0 Å². The molecule has 30 heavy (non-hydrogen) atoms. The Bertz CT molecular complexity index is 1100. The van der Waals surface area contributed by atoms with E-state index in [9.17, 15) is 4.79 Å². The van der Waals surface area contributed by atoms with Crippen molar-refractivity contribution in [2.75, 3.05) is 20.6 Å². The van der Waals surface area contributed by atoms with E-state index in [1.165, 1.54) is 0 Å². The molecule has 3 aromatic heterocycles. The third-order valence-corrected chi connectivity index (χ3v) is 4.99. The Kier molecular flexibility index (Phi) is 5.74. The van der Waals surface area contributed by atoms with E-state index in [-0.39, 0.29) is 17.6 Å². The van der Waals surface area contributed by atoms with E-state index in [4.69, 9.17) is 20.4 Å². The van der Waals surface area contributed by atoms with Crippen LogP contribution in [0.5, 0.6) is 0 Å². The van der Waals surface area contributed by atoms with E-state index in [0.29, 0.717) is 23.0 Å². The van der Waals surface area contributed by atoms with Gasteiger partial charge in [0.05, 0.1) is 24.3 Å². The first-order valence-corrected chi connectivity index (χ1v) is 9.78. The molecule has 0 radical (unpaired) electrons. The lowest BCUT2D eigenvalue weighted by molar-refractivity contribution is 0.0933. The topological polar surface area (TPSA) is 76.4 Å². The molecule has 0 fully saturated rings. The molecule has 154 valence electrons. The van der Waals surface area contributed by atoms with E-state index in [2.05, 4.69) is 10.4 Å². The molecule has 3 heterocycles. The lowest BCUT2D eigenvalue weighted by Gasteiger charge is -2.22. The van der Waals surface area contributed by atoms with E-state index in [1.807, 2.05) is 49.3 Å². The lowest BCUT2D eigenvalue weighted by Crippen LogP contribution is -2.34. The molecule has 8 heteroatoms. The van der Waals surface area contributed by atoms with Crippen LogP contribution in [0.3, 0.4) is 0 Å². The molecule has 0 bridgehead atoms. The number of likely N-dealkylation sites (N-methyl/N-ethyl adjacent to an activating group) is 1. The van der Waals surface area contributed by atoms with Crippen LogP contribution in [0.15, 0.2) is 76.0 Å². The van der Waals surface area contributed by atoms with Crippen molar-refractivity contribution in [2.45, 2.75) is 6.04 Å². The van der Waals surface area contributed by atoms with Crippen molar-refractivity contribution in [1.82, 2.24) is 20.0 Å². The smallest absolute Gasteiger partial charge is 0.271 e. The fraction of sp³-hybridized carbons (Fsp3) is 0.182. The summed E-state index contributed by atoms with van der Waals surface area (Å²) in [5, 5.41) is 8.08. The van der Waals surface area contributed by atoms with Crippen molar-refractivity contribution in [3.8, 4) is 17.1 Å². The van der Waals surface area contributed by atoms with E-state index in [0.717, 1.165) is 11.4 Å². The fourth-order valence-electron chi connectivity index (χ4n) is 3.17. The minimum absolute atomic E-state index is 0.0909.